The van der Waals surface area contributed by atoms with Crippen LogP contribution >= 0.6 is 0 Å². The number of benzene rings is 1. The van der Waals surface area contributed by atoms with Crippen molar-refractivity contribution in [3.63, 3.8) is 0 Å². The van der Waals surface area contributed by atoms with Gasteiger partial charge >= 0.3 is 0 Å². The zero-order valence-corrected chi connectivity index (χ0v) is 18.4. The van der Waals surface area contributed by atoms with Gasteiger partial charge in [0.2, 0.25) is 5.91 Å². The first-order valence-corrected chi connectivity index (χ1v) is 10.7. The summed E-state index contributed by atoms with van der Waals surface area (Å²) in [6, 6.07) is 9.35. The lowest BCUT2D eigenvalue weighted by molar-refractivity contribution is -0.149. The van der Waals surface area contributed by atoms with E-state index in [0.717, 1.165) is 28.1 Å². The summed E-state index contributed by atoms with van der Waals surface area (Å²) in [6.07, 6.45) is 3.98. The molecule has 1 saturated heterocycles. The van der Waals surface area contributed by atoms with Crippen LogP contribution < -0.4 is 0 Å². The second-order valence-electron chi connectivity index (χ2n) is 8.46. The van der Waals surface area contributed by atoms with Gasteiger partial charge in [-0.1, -0.05) is 42.4 Å². The number of ketones is 1. The fraction of sp³-hybridized carbons (Fsp3) is 0.417. The van der Waals surface area contributed by atoms with Crippen LogP contribution in [0.4, 0.5) is 0 Å². The fourth-order valence-electron chi connectivity index (χ4n) is 4.34. The summed E-state index contributed by atoms with van der Waals surface area (Å²) in [4.78, 5) is 27.8. The van der Waals surface area contributed by atoms with Crippen LogP contribution in [-0.4, -0.2) is 37.6 Å². The Morgan fingerprint density at radius 2 is 1.90 bits per heavy atom. The van der Waals surface area contributed by atoms with E-state index >= 15 is 0 Å². The summed E-state index contributed by atoms with van der Waals surface area (Å²) in [5, 5.41) is 8.45. The Balaban J connectivity index is 1.47. The molecule has 0 radical (unpaired) electrons. The molecule has 3 atom stereocenters. The quantitative estimate of drug-likeness (QED) is 0.608. The second-order valence-corrected chi connectivity index (χ2v) is 8.46. The number of aryl methyl sites for hydroxylation is 2. The van der Waals surface area contributed by atoms with Crippen LogP contribution in [-0.2, 0) is 22.7 Å². The number of rotatable bonds is 6. The molecule has 7 nitrogen and oxygen atoms in total. The molecule has 0 spiro atoms. The average molecular weight is 421 g/mol. The Hall–Kier alpha value is -3.22. The molecule has 162 valence electrons. The van der Waals surface area contributed by atoms with Gasteiger partial charge in [0.25, 0.3) is 0 Å². The molecule has 31 heavy (non-hydrogen) atoms. The van der Waals surface area contributed by atoms with Gasteiger partial charge in [0.15, 0.2) is 5.78 Å². The highest BCUT2D eigenvalue weighted by Crippen LogP contribution is 2.34. The molecular formula is C24H28N4O3. The molecule has 0 saturated carbocycles. The highest BCUT2D eigenvalue weighted by atomic mass is 16.5. The van der Waals surface area contributed by atoms with E-state index in [9.17, 15) is 9.59 Å². The van der Waals surface area contributed by atoms with Gasteiger partial charge in [0.05, 0.1) is 24.5 Å². The van der Waals surface area contributed by atoms with E-state index in [-0.39, 0.29) is 29.9 Å². The fourth-order valence-corrected chi connectivity index (χ4v) is 4.34. The van der Waals surface area contributed by atoms with Crippen LogP contribution in [0.2, 0.25) is 0 Å². The smallest absolute Gasteiger partial charge is 0.224 e. The minimum absolute atomic E-state index is 0.0240. The van der Waals surface area contributed by atoms with Crippen LogP contribution in [0.15, 0.2) is 47.2 Å². The van der Waals surface area contributed by atoms with Gasteiger partial charge in [-0.05, 0) is 37.8 Å². The van der Waals surface area contributed by atoms with E-state index in [2.05, 4.69) is 10.3 Å². The van der Waals surface area contributed by atoms with Gasteiger partial charge in [-0.2, -0.15) is 5.10 Å². The number of carbonyl (C=O) groups excluding carboxylic acids is 2. The highest BCUT2D eigenvalue weighted by molar-refractivity contribution is 5.97. The molecule has 3 unspecified atom stereocenters. The number of Topliss-reactive ketones (excluding diaryl/α,β-unsaturated/α-hetero) is 1. The molecule has 0 N–H and O–H groups in total. The van der Waals surface area contributed by atoms with Crippen molar-refractivity contribution in [3.05, 3.63) is 70.9 Å². The third-order valence-electron chi connectivity index (χ3n) is 6.44. The summed E-state index contributed by atoms with van der Waals surface area (Å²) in [6.45, 7) is 8.66. The molecule has 1 amide bonds. The van der Waals surface area contributed by atoms with Crippen LogP contribution in [0.3, 0.4) is 0 Å². The number of carbonyl (C=O) groups is 2. The highest BCUT2D eigenvalue weighted by Gasteiger charge is 2.41. The van der Waals surface area contributed by atoms with E-state index in [4.69, 9.17) is 4.52 Å². The second kappa shape index (κ2) is 8.49. The van der Waals surface area contributed by atoms with E-state index < -0.39 is 6.04 Å². The van der Waals surface area contributed by atoms with Crippen LogP contribution in [0.5, 0.6) is 0 Å². The van der Waals surface area contributed by atoms with Crippen molar-refractivity contribution in [1.29, 1.82) is 0 Å². The Labute approximate surface area is 182 Å². The number of hydrogen-bond donors (Lipinski definition) is 0. The van der Waals surface area contributed by atoms with Crippen LogP contribution in [0.25, 0.3) is 0 Å². The van der Waals surface area contributed by atoms with Crippen molar-refractivity contribution >= 4 is 11.7 Å². The number of likely N-dealkylation sites (tertiary alicyclic amines) is 1. The molecule has 0 bridgehead atoms. The van der Waals surface area contributed by atoms with Crippen molar-refractivity contribution in [2.75, 3.05) is 0 Å². The maximum Gasteiger partial charge on any atom is 0.224 e. The molecule has 3 aromatic rings. The van der Waals surface area contributed by atoms with Crippen molar-refractivity contribution in [3.8, 4) is 0 Å². The SMILES string of the molecule is Cc1noc(C)c1Cn1cc(C(C)C2CC(=O)N(Cc3ccccc3)C(C)C2=O)cn1. The summed E-state index contributed by atoms with van der Waals surface area (Å²) >= 11 is 0. The lowest BCUT2D eigenvalue weighted by atomic mass is 9.78. The third-order valence-corrected chi connectivity index (χ3v) is 6.44. The Morgan fingerprint density at radius 3 is 2.58 bits per heavy atom. The summed E-state index contributed by atoms with van der Waals surface area (Å²) < 4.78 is 7.06. The van der Waals surface area contributed by atoms with Crippen LogP contribution in [0, 0.1) is 19.8 Å². The van der Waals surface area contributed by atoms with Gasteiger partial charge < -0.3 is 9.42 Å². The summed E-state index contributed by atoms with van der Waals surface area (Å²) in [5.41, 5.74) is 3.85. The molecular weight excluding hydrogens is 392 g/mol. The number of piperidine rings is 1. The van der Waals surface area contributed by atoms with Crippen molar-refractivity contribution in [2.45, 2.75) is 59.2 Å². The topological polar surface area (TPSA) is 81.2 Å². The molecule has 1 aliphatic rings. The minimum Gasteiger partial charge on any atom is -0.361 e. The number of aromatic nitrogens is 3. The average Bonchev–Trinajstić information content (AvgIpc) is 3.36. The predicted octanol–water partition coefficient (Wildman–Crippen LogP) is 3.65. The Kier molecular flexibility index (Phi) is 5.76. The van der Waals surface area contributed by atoms with E-state index in [1.165, 1.54) is 0 Å². The van der Waals surface area contributed by atoms with E-state index in [0.29, 0.717) is 13.1 Å². The summed E-state index contributed by atoms with van der Waals surface area (Å²) in [5.74, 6) is 0.489. The maximum atomic E-state index is 13.2. The van der Waals surface area contributed by atoms with Gasteiger partial charge in [-0.25, -0.2) is 0 Å². The molecule has 3 heterocycles. The van der Waals surface area contributed by atoms with Crippen LogP contribution in [0.1, 0.15) is 54.3 Å². The van der Waals surface area contributed by atoms with E-state index in [1.807, 2.05) is 68.9 Å². The normalized spacial score (nSPS) is 20.3. The standard InChI is InChI=1S/C24H28N4O3/c1-15(20-11-25-27(13-20)14-22-16(2)26-31-18(22)4)21-10-23(29)28(17(3)24(21)30)12-19-8-6-5-7-9-19/h5-9,11,13,15,17,21H,10,12,14H2,1-4H3. The minimum atomic E-state index is -0.439. The number of nitrogens with zero attached hydrogens (tertiary/aromatic N) is 4. The Bertz CT molecular complexity index is 1070. The molecule has 1 aliphatic heterocycles. The van der Waals surface area contributed by atoms with Crippen molar-refractivity contribution < 1.29 is 14.1 Å². The molecule has 2 aromatic heterocycles. The molecule has 0 aliphatic carbocycles. The maximum absolute atomic E-state index is 13.2. The van der Waals surface area contributed by atoms with Crippen molar-refractivity contribution in [1.82, 2.24) is 19.8 Å². The molecule has 1 aromatic carbocycles. The van der Waals surface area contributed by atoms with Gasteiger partial charge in [-0.3, -0.25) is 14.3 Å². The zero-order chi connectivity index (χ0) is 22.1. The third kappa shape index (κ3) is 4.17. The lowest BCUT2D eigenvalue weighted by Gasteiger charge is -2.38. The molecule has 7 heteroatoms. The number of amides is 1. The summed E-state index contributed by atoms with van der Waals surface area (Å²) in [7, 11) is 0. The Morgan fingerprint density at radius 1 is 1.16 bits per heavy atom. The zero-order valence-electron chi connectivity index (χ0n) is 18.4. The monoisotopic (exact) mass is 420 g/mol. The molecule has 1 fully saturated rings. The lowest BCUT2D eigenvalue weighted by Crippen LogP contribution is -2.51. The first kappa shape index (κ1) is 21.0. The molecule has 4 rings (SSSR count). The largest absolute Gasteiger partial charge is 0.361 e. The van der Waals surface area contributed by atoms with Gasteiger partial charge in [-0.15, -0.1) is 0 Å². The first-order valence-electron chi connectivity index (χ1n) is 10.7. The van der Waals surface area contributed by atoms with Gasteiger partial charge in [0.1, 0.15) is 5.76 Å². The van der Waals surface area contributed by atoms with Gasteiger partial charge in [0, 0.05) is 30.6 Å². The number of hydrogen-bond acceptors (Lipinski definition) is 5. The van der Waals surface area contributed by atoms with Crippen molar-refractivity contribution in [2.24, 2.45) is 5.92 Å². The predicted molar refractivity (Wildman–Crippen MR) is 115 cm³/mol. The van der Waals surface area contributed by atoms with E-state index in [1.54, 1.807) is 11.1 Å². The first-order chi connectivity index (χ1) is 14.8.